The number of piperazine rings is 1. The molecule has 3 aromatic rings. The Morgan fingerprint density at radius 2 is 2.05 bits per heavy atom. The molecule has 1 unspecified atom stereocenters. The average Bonchev–Trinajstić information content (AvgIpc) is 3.54. The number of benzene rings is 1. The van der Waals surface area contributed by atoms with Crippen molar-refractivity contribution in [3.05, 3.63) is 58.1 Å². The van der Waals surface area contributed by atoms with Crippen LogP contribution in [0.5, 0.6) is 5.75 Å². The number of likely N-dealkylation sites (N-methyl/N-ethyl adjacent to an activating group) is 1. The van der Waals surface area contributed by atoms with Crippen molar-refractivity contribution < 1.29 is 32.0 Å². The largest absolute Gasteiger partial charge is 0.507 e. The minimum atomic E-state index is -3.35. The maximum Gasteiger partial charge on any atom is 0.278 e. The van der Waals surface area contributed by atoms with E-state index in [0.717, 1.165) is 12.1 Å². The number of aromatic nitrogens is 2. The monoisotopic (exact) mass is 562 g/mol. The topological polar surface area (TPSA) is 99.0 Å². The van der Waals surface area contributed by atoms with Crippen LogP contribution in [0.25, 0.3) is 22.3 Å². The Hall–Kier alpha value is -4.06. The van der Waals surface area contributed by atoms with Gasteiger partial charge in [0.05, 0.1) is 28.5 Å². The molecule has 1 saturated carbocycles. The van der Waals surface area contributed by atoms with E-state index >= 15 is 0 Å². The van der Waals surface area contributed by atoms with Gasteiger partial charge in [0.1, 0.15) is 35.0 Å². The lowest BCUT2D eigenvalue weighted by Gasteiger charge is -2.47. The number of hydrogen-bond donors (Lipinski definition) is 1. The number of phenolic OH excluding ortho intramolecular Hbond substituents is 1. The number of amides is 2. The molecule has 3 aliphatic rings. The van der Waals surface area contributed by atoms with Crippen LogP contribution in [0.1, 0.15) is 16.6 Å². The molecule has 2 aromatic heterocycles. The van der Waals surface area contributed by atoms with Gasteiger partial charge in [-0.3, -0.25) is 19.0 Å². The molecule has 2 aliphatic heterocycles. The Balaban J connectivity index is 1.70. The van der Waals surface area contributed by atoms with Crippen LogP contribution in [-0.2, 0) is 9.59 Å². The minimum absolute atomic E-state index is 0.0383. The Morgan fingerprint density at radius 3 is 2.69 bits per heavy atom. The molecule has 4 heterocycles. The summed E-state index contributed by atoms with van der Waals surface area (Å²) in [5, 5.41) is 10.1. The molecule has 1 saturated heterocycles. The second-order valence-corrected chi connectivity index (χ2v) is 9.96. The van der Waals surface area contributed by atoms with Crippen molar-refractivity contribution in [3.63, 3.8) is 0 Å². The van der Waals surface area contributed by atoms with Gasteiger partial charge in [-0.1, -0.05) is 24.2 Å². The van der Waals surface area contributed by atoms with Crippen molar-refractivity contribution in [1.82, 2.24) is 14.5 Å². The molecule has 6 rings (SSSR count). The first-order valence-electron chi connectivity index (χ1n) is 13.3. The third kappa shape index (κ3) is 3.61. The average molecular weight is 563 g/mol. The van der Waals surface area contributed by atoms with Crippen molar-refractivity contribution in [2.45, 2.75) is 24.4 Å². The predicted octanol–water partition coefficient (Wildman–Crippen LogP) is 3.32. The number of halogens is 4. The van der Waals surface area contributed by atoms with Gasteiger partial charge >= 0.3 is 0 Å². The van der Waals surface area contributed by atoms with Crippen LogP contribution in [0.15, 0.2) is 41.7 Å². The molecule has 2 fully saturated rings. The van der Waals surface area contributed by atoms with Crippen LogP contribution < -0.4 is 15.4 Å². The lowest BCUT2D eigenvalue weighted by molar-refractivity contribution is -0.128. The number of alkyl halides is 2. The molecular weight excluding hydrogens is 539 g/mol. The van der Waals surface area contributed by atoms with Gasteiger partial charge in [0.25, 0.3) is 17.4 Å². The molecule has 0 radical (unpaired) electrons. The van der Waals surface area contributed by atoms with Gasteiger partial charge in [-0.25, -0.2) is 18.2 Å². The summed E-state index contributed by atoms with van der Waals surface area (Å²) in [6, 6.07) is 1.65. The maximum absolute atomic E-state index is 14.8. The molecule has 39 heavy (non-hydrogen) atoms. The summed E-state index contributed by atoms with van der Waals surface area (Å²) >= 11 is 6.53. The van der Waals surface area contributed by atoms with Crippen molar-refractivity contribution >= 4 is 45.8 Å². The van der Waals surface area contributed by atoms with Crippen molar-refractivity contribution in [3.8, 4) is 17.0 Å². The van der Waals surface area contributed by atoms with E-state index in [1.54, 1.807) is 0 Å². The fraction of sp³-hybridized carbons (Fsp3) is 0.308. The fourth-order valence-electron chi connectivity index (χ4n) is 5.31. The summed E-state index contributed by atoms with van der Waals surface area (Å²) in [7, 11) is 0. The molecule has 1 aromatic carbocycles. The highest BCUT2D eigenvalue weighted by molar-refractivity contribution is 6.34. The molecule has 13 heteroatoms. The zero-order valence-electron chi connectivity index (χ0n) is 23.0. The number of rotatable bonds is 3. The Kier molecular flexibility index (Phi) is 4.74. The zero-order valence-corrected chi connectivity index (χ0v) is 20.8. The number of carbonyl (C=O) groups is 2. The van der Waals surface area contributed by atoms with Crippen LogP contribution in [0.3, 0.4) is 0 Å². The first-order chi connectivity index (χ1) is 19.7. The third-order valence-electron chi connectivity index (χ3n) is 7.30. The summed E-state index contributed by atoms with van der Waals surface area (Å²) in [5.41, 5.74) is -3.11. The van der Waals surface area contributed by atoms with E-state index in [1.807, 2.05) is 0 Å². The van der Waals surface area contributed by atoms with Gasteiger partial charge in [0.2, 0.25) is 5.91 Å². The minimum Gasteiger partial charge on any atom is -0.507 e. The summed E-state index contributed by atoms with van der Waals surface area (Å²) in [4.78, 5) is 47.4. The third-order valence-corrected chi connectivity index (χ3v) is 7.59. The Morgan fingerprint density at radius 1 is 1.31 bits per heavy atom. The van der Waals surface area contributed by atoms with Gasteiger partial charge in [-0.2, -0.15) is 0 Å². The lowest BCUT2D eigenvalue weighted by atomic mass is 10.0. The van der Waals surface area contributed by atoms with E-state index in [-0.39, 0.29) is 47.1 Å². The summed E-state index contributed by atoms with van der Waals surface area (Å²) in [5.74, 6) is -6.34. The van der Waals surface area contributed by atoms with Crippen molar-refractivity contribution in [2.75, 3.05) is 36.4 Å². The second kappa shape index (κ2) is 8.47. The highest BCUT2D eigenvalue weighted by Gasteiger charge is 2.60. The first-order valence-corrected chi connectivity index (χ1v) is 12.2. The standard InChI is InChI=1S/C26H21ClF3N5O4/c1-3-18(37)33-7-8-34-15(11-33)24(38)32(2)22-21(34)12-9-13(27)20(19-14(28)5-4-6-16(19)36)31-23(12)35(25(22)39)17-10-26(17,29)30/h3-6,9,15,17,36H,1,7-8,10-11H2,2H3/t15-,17?/m1/s1/i2D3. The van der Waals surface area contributed by atoms with Crippen LogP contribution in [0, 0.1) is 5.82 Å². The highest BCUT2D eigenvalue weighted by atomic mass is 35.5. The Bertz CT molecular complexity index is 1760. The fourth-order valence-corrected chi connectivity index (χ4v) is 5.56. The molecule has 0 spiro atoms. The summed E-state index contributed by atoms with van der Waals surface area (Å²) < 4.78 is 68.8. The van der Waals surface area contributed by atoms with E-state index in [9.17, 15) is 32.7 Å². The van der Waals surface area contributed by atoms with E-state index < -0.39 is 71.6 Å². The summed E-state index contributed by atoms with van der Waals surface area (Å²) in [6.45, 7) is 0.00486. The second-order valence-electron chi connectivity index (χ2n) is 9.55. The molecule has 2 amide bonds. The normalized spacial score (nSPS) is 23.0. The number of aromatic hydroxyl groups is 1. The van der Waals surface area contributed by atoms with Gasteiger partial charge < -0.3 is 19.8 Å². The van der Waals surface area contributed by atoms with Gasteiger partial charge in [-0.15, -0.1) is 0 Å². The van der Waals surface area contributed by atoms with Crippen LogP contribution in [0.2, 0.25) is 5.02 Å². The van der Waals surface area contributed by atoms with Gasteiger partial charge in [0, 0.05) is 36.0 Å². The molecular formula is C26H21ClF3N5O4. The number of carbonyl (C=O) groups excluding carboxylic acids is 2. The van der Waals surface area contributed by atoms with Crippen LogP contribution in [0.4, 0.5) is 24.5 Å². The van der Waals surface area contributed by atoms with E-state index in [2.05, 4.69) is 11.6 Å². The molecule has 9 nitrogen and oxygen atoms in total. The number of fused-ring (bicyclic) bond motifs is 5. The zero-order chi connectivity index (χ0) is 30.5. The number of nitrogens with zero attached hydrogens (tertiary/aromatic N) is 5. The SMILES string of the molecule is [2H]C([2H])([2H])N1C(=O)[C@H]2CN(C(=O)C=C)CCN2c2c1c(=O)n(C1CC1(F)F)c1nc(-c3c(O)cccc3F)c(Cl)cc21. The summed E-state index contributed by atoms with van der Waals surface area (Å²) in [6.07, 6.45) is 0.281. The first kappa shape index (κ1) is 21.8. The van der Waals surface area contributed by atoms with E-state index in [0.29, 0.717) is 9.47 Å². The number of pyridine rings is 2. The van der Waals surface area contributed by atoms with Crippen LogP contribution in [-0.4, -0.2) is 69.9 Å². The van der Waals surface area contributed by atoms with Gasteiger partial charge in [-0.05, 0) is 24.3 Å². The van der Waals surface area contributed by atoms with E-state index in [4.69, 9.17) is 15.7 Å². The smallest absolute Gasteiger partial charge is 0.278 e. The number of hydrogen-bond acceptors (Lipinski definition) is 6. The predicted molar refractivity (Wildman–Crippen MR) is 138 cm³/mol. The quantitative estimate of drug-likeness (QED) is 0.492. The number of phenols is 1. The van der Waals surface area contributed by atoms with Crippen molar-refractivity contribution in [2.24, 2.45) is 0 Å². The van der Waals surface area contributed by atoms with E-state index in [1.165, 1.54) is 28.0 Å². The molecule has 202 valence electrons. The van der Waals surface area contributed by atoms with Crippen molar-refractivity contribution in [1.29, 1.82) is 0 Å². The molecule has 1 N–H and O–H groups in total. The molecule has 1 aliphatic carbocycles. The molecule has 2 atom stereocenters. The van der Waals surface area contributed by atoms with Gasteiger partial charge in [0.15, 0.2) is 0 Å². The number of anilines is 2. The maximum atomic E-state index is 14.8. The van der Waals surface area contributed by atoms with Crippen LogP contribution >= 0.6 is 11.6 Å². The molecule has 0 bridgehead atoms. The highest BCUT2D eigenvalue weighted by Crippen LogP contribution is 2.54. The Labute approximate surface area is 228 Å². The lowest BCUT2D eigenvalue weighted by Crippen LogP contribution is -2.63.